The number of thiophene rings is 1. The molecule has 1 N–H and O–H groups in total. The van der Waals surface area contributed by atoms with Gasteiger partial charge in [0.1, 0.15) is 0 Å². The number of nitrogens with one attached hydrogen (secondary N) is 1. The number of aryl methyl sites for hydroxylation is 1. The normalized spacial score (nSPS) is 28.2. The van der Waals surface area contributed by atoms with Crippen molar-refractivity contribution < 1.29 is 4.74 Å². The molecule has 0 saturated carbocycles. The first-order valence-electron chi connectivity index (χ1n) is 5.56. The fourth-order valence-electron chi connectivity index (χ4n) is 2.31. The maximum Gasteiger partial charge on any atom is 0.0551 e. The van der Waals surface area contributed by atoms with E-state index < -0.39 is 0 Å². The van der Waals surface area contributed by atoms with Crippen LogP contribution >= 0.6 is 11.3 Å². The van der Waals surface area contributed by atoms with Gasteiger partial charge in [0.15, 0.2) is 0 Å². The molecule has 2 rings (SSSR count). The Morgan fingerprint density at radius 2 is 2.33 bits per heavy atom. The average molecular weight is 225 g/mol. The number of hydrogen-bond donors (Lipinski definition) is 1. The topological polar surface area (TPSA) is 21.3 Å². The van der Waals surface area contributed by atoms with Gasteiger partial charge in [-0.05, 0) is 39.4 Å². The van der Waals surface area contributed by atoms with Crippen LogP contribution in [-0.4, -0.2) is 19.8 Å². The quantitative estimate of drug-likeness (QED) is 0.854. The third kappa shape index (κ3) is 2.41. The fourth-order valence-corrected chi connectivity index (χ4v) is 3.39. The summed E-state index contributed by atoms with van der Waals surface area (Å²) in [5, 5.41) is 3.42. The van der Waals surface area contributed by atoms with Crippen LogP contribution in [0.3, 0.4) is 0 Å². The van der Waals surface area contributed by atoms with Gasteiger partial charge in [0, 0.05) is 21.7 Å². The Kier molecular flexibility index (Phi) is 3.44. The molecule has 0 radical (unpaired) electrons. The summed E-state index contributed by atoms with van der Waals surface area (Å²) in [7, 11) is 2.04. The molecule has 0 aliphatic carbocycles. The molecule has 15 heavy (non-hydrogen) atoms. The van der Waals surface area contributed by atoms with E-state index in [1.54, 1.807) is 0 Å². The van der Waals surface area contributed by atoms with Crippen molar-refractivity contribution in [1.82, 2.24) is 5.32 Å². The van der Waals surface area contributed by atoms with E-state index in [0.717, 1.165) is 6.61 Å². The van der Waals surface area contributed by atoms with Crippen molar-refractivity contribution in [2.75, 3.05) is 13.7 Å². The summed E-state index contributed by atoms with van der Waals surface area (Å²) in [6.45, 7) is 5.21. The Labute approximate surface area is 95.6 Å². The van der Waals surface area contributed by atoms with Crippen LogP contribution < -0.4 is 5.32 Å². The first-order valence-corrected chi connectivity index (χ1v) is 6.37. The van der Waals surface area contributed by atoms with Crippen LogP contribution in [0, 0.1) is 12.8 Å². The highest BCUT2D eigenvalue weighted by Crippen LogP contribution is 2.34. The van der Waals surface area contributed by atoms with Crippen molar-refractivity contribution in [3.63, 3.8) is 0 Å². The fraction of sp³-hybridized carbons (Fsp3) is 0.667. The minimum absolute atomic E-state index is 0.423. The largest absolute Gasteiger partial charge is 0.378 e. The Bertz CT molecular complexity index is 323. The molecule has 1 aliphatic rings. The molecule has 84 valence electrons. The molecule has 0 aromatic carbocycles. The molecular formula is C12H19NOS. The molecule has 3 unspecified atom stereocenters. The molecule has 1 fully saturated rings. The van der Waals surface area contributed by atoms with Gasteiger partial charge in [-0.15, -0.1) is 11.3 Å². The van der Waals surface area contributed by atoms with E-state index in [1.165, 1.54) is 16.2 Å². The molecule has 1 aliphatic heterocycles. The van der Waals surface area contributed by atoms with E-state index in [1.807, 2.05) is 18.4 Å². The molecule has 0 bridgehead atoms. The van der Waals surface area contributed by atoms with Gasteiger partial charge in [-0.1, -0.05) is 0 Å². The highest BCUT2D eigenvalue weighted by molar-refractivity contribution is 7.12. The summed E-state index contributed by atoms with van der Waals surface area (Å²) in [5.74, 6) is 0.628. The molecule has 1 aromatic heterocycles. The zero-order valence-corrected chi connectivity index (χ0v) is 10.4. The molecule has 1 aromatic rings. The Balaban J connectivity index is 2.10. The second-order valence-corrected chi connectivity index (χ2v) is 5.67. The maximum atomic E-state index is 5.64. The molecule has 3 atom stereocenters. The first kappa shape index (κ1) is 11.1. The minimum Gasteiger partial charge on any atom is -0.378 e. The number of rotatable bonds is 3. The van der Waals surface area contributed by atoms with Crippen molar-refractivity contribution in [2.24, 2.45) is 5.92 Å². The van der Waals surface area contributed by atoms with Gasteiger partial charge < -0.3 is 10.1 Å². The predicted molar refractivity (Wildman–Crippen MR) is 64.4 cm³/mol. The SMILES string of the molecule is CNC(c1ccc(C)s1)C1COC(C)C1. The summed E-state index contributed by atoms with van der Waals surface area (Å²) < 4.78 is 5.64. The predicted octanol–water partition coefficient (Wildman–Crippen LogP) is 2.74. The molecule has 3 heteroatoms. The van der Waals surface area contributed by atoms with Crippen LogP contribution in [0.2, 0.25) is 0 Å². The van der Waals surface area contributed by atoms with Crippen molar-refractivity contribution in [3.05, 3.63) is 21.9 Å². The Morgan fingerprint density at radius 1 is 1.53 bits per heavy atom. The lowest BCUT2D eigenvalue weighted by Gasteiger charge is -2.20. The molecule has 0 amide bonds. The van der Waals surface area contributed by atoms with E-state index in [9.17, 15) is 0 Å². The third-order valence-corrected chi connectivity index (χ3v) is 4.16. The van der Waals surface area contributed by atoms with Crippen molar-refractivity contribution in [2.45, 2.75) is 32.4 Å². The first-order chi connectivity index (χ1) is 7.20. The summed E-state index contributed by atoms with van der Waals surface area (Å²) in [6, 6.07) is 4.90. The van der Waals surface area contributed by atoms with E-state index in [2.05, 4.69) is 31.3 Å². The van der Waals surface area contributed by atoms with Gasteiger partial charge in [0.2, 0.25) is 0 Å². The van der Waals surface area contributed by atoms with Gasteiger partial charge in [-0.25, -0.2) is 0 Å². The molecule has 1 saturated heterocycles. The summed E-state index contributed by atoms with van der Waals surface area (Å²) in [5.41, 5.74) is 0. The van der Waals surface area contributed by atoms with Crippen LogP contribution in [0.25, 0.3) is 0 Å². The lowest BCUT2D eigenvalue weighted by atomic mass is 9.96. The Morgan fingerprint density at radius 3 is 2.80 bits per heavy atom. The zero-order chi connectivity index (χ0) is 10.8. The summed E-state index contributed by atoms with van der Waals surface area (Å²) in [6.07, 6.45) is 1.59. The van der Waals surface area contributed by atoms with E-state index in [4.69, 9.17) is 4.74 Å². The van der Waals surface area contributed by atoms with Gasteiger partial charge in [0.25, 0.3) is 0 Å². The van der Waals surface area contributed by atoms with Crippen LogP contribution in [0.5, 0.6) is 0 Å². The molecule has 2 nitrogen and oxygen atoms in total. The summed E-state index contributed by atoms with van der Waals surface area (Å²) >= 11 is 1.89. The molecular weight excluding hydrogens is 206 g/mol. The minimum atomic E-state index is 0.423. The maximum absolute atomic E-state index is 5.64. The lowest BCUT2D eigenvalue weighted by Crippen LogP contribution is -2.24. The van der Waals surface area contributed by atoms with Crippen molar-refractivity contribution in [1.29, 1.82) is 0 Å². The number of hydrogen-bond acceptors (Lipinski definition) is 3. The molecule has 2 heterocycles. The van der Waals surface area contributed by atoms with Gasteiger partial charge >= 0.3 is 0 Å². The second kappa shape index (κ2) is 4.64. The second-order valence-electron chi connectivity index (χ2n) is 4.35. The van der Waals surface area contributed by atoms with Crippen LogP contribution in [-0.2, 0) is 4.74 Å². The van der Waals surface area contributed by atoms with Crippen molar-refractivity contribution in [3.8, 4) is 0 Å². The van der Waals surface area contributed by atoms with Crippen LogP contribution in [0.15, 0.2) is 12.1 Å². The lowest BCUT2D eigenvalue weighted by molar-refractivity contribution is 0.117. The third-order valence-electron chi connectivity index (χ3n) is 3.08. The number of ether oxygens (including phenoxy) is 1. The van der Waals surface area contributed by atoms with Gasteiger partial charge in [-0.3, -0.25) is 0 Å². The van der Waals surface area contributed by atoms with Crippen molar-refractivity contribution >= 4 is 11.3 Å². The average Bonchev–Trinajstić information content (AvgIpc) is 2.78. The van der Waals surface area contributed by atoms with E-state index in [-0.39, 0.29) is 0 Å². The highest BCUT2D eigenvalue weighted by atomic mass is 32.1. The van der Waals surface area contributed by atoms with Crippen LogP contribution in [0.4, 0.5) is 0 Å². The van der Waals surface area contributed by atoms with Gasteiger partial charge in [0.05, 0.1) is 12.7 Å². The standard InChI is InChI=1S/C12H19NOS/c1-8-6-10(7-14-8)12(13-3)11-5-4-9(2)15-11/h4-5,8,10,12-13H,6-7H2,1-3H3. The zero-order valence-electron chi connectivity index (χ0n) is 9.62. The monoisotopic (exact) mass is 225 g/mol. The smallest absolute Gasteiger partial charge is 0.0551 e. The van der Waals surface area contributed by atoms with Gasteiger partial charge in [-0.2, -0.15) is 0 Å². The molecule has 0 spiro atoms. The highest BCUT2D eigenvalue weighted by Gasteiger charge is 2.30. The Hall–Kier alpha value is -0.380. The summed E-state index contributed by atoms with van der Waals surface area (Å²) in [4.78, 5) is 2.83. The van der Waals surface area contributed by atoms with E-state index in [0.29, 0.717) is 18.1 Å². The van der Waals surface area contributed by atoms with Crippen LogP contribution in [0.1, 0.15) is 29.1 Å². The van der Waals surface area contributed by atoms with E-state index >= 15 is 0 Å².